The van der Waals surface area contributed by atoms with Crippen molar-refractivity contribution in [2.24, 2.45) is 5.41 Å². The lowest BCUT2D eigenvalue weighted by Gasteiger charge is -2.28. The largest absolute Gasteiger partial charge is 0.378 e. The molecule has 104 valence electrons. The maximum atomic E-state index is 12.6. The SMILES string of the molecule is CC(C)(C)Cc1ccccc1C(=O)N1CCOCC1. The third-order valence-electron chi connectivity index (χ3n) is 3.27. The summed E-state index contributed by atoms with van der Waals surface area (Å²) in [6, 6.07) is 7.97. The number of hydrogen-bond acceptors (Lipinski definition) is 2. The molecule has 1 aromatic carbocycles. The first-order valence-corrected chi connectivity index (χ1v) is 6.92. The number of rotatable bonds is 2. The molecule has 0 bridgehead atoms. The van der Waals surface area contributed by atoms with Crippen LogP contribution in [0.25, 0.3) is 0 Å². The van der Waals surface area contributed by atoms with Gasteiger partial charge >= 0.3 is 0 Å². The smallest absolute Gasteiger partial charge is 0.254 e. The number of hydrogen-bond donors (Lipinski definition) is 0. The van der Waals surface area contributed by atoms with Gasteiger partial charge in [0.15, 0.2) is 0 Å². The molecule has 1 saturated heterocycles. The summed E-state index contributed by atoms with van der Waals surface area (Å²) in [6.07, 6.45) is 0.916. The Bertz CT molecular complexity index is 442. The molecule has 1 amide bonds. The van der Waals surface area contributed by atoms with E-state index in [9.17, 15) is 4.79 Å². The van der Waals surface area contributed by atoms with E-state index in [1.807, 2.05) is 23.1 Å². The molecule has 0 saturated carbocycles. The Morgan fingerprint density at radius 1 is 1.21 bits per heavy atom. The van der Waals surface area contributed by atoms with Gasteiger partial charge in [-0.3, -0.25) is 4.79 Å². The normalized spacial score (nSPS) is 16.5. The molecule has 3 nitrogen and oxygen atoms in total. The summed E-state index contributed by atoms with van der Waals surface area (Å²) in [7, 11) is 0. The van der Waals surface area contributed by atoms with E-state index in [4.69, 9.17) is 4.74 Å². The van der Waals surface area contributed by atoms with Crippen molar-refractivity contribution in [1.82, 2.24) is 4.90 Å². The van der Waals surface area contributed by atoms with Crippen molar-refractivity contribution in [3.8, 4) is 0 Å². The van der Waals surface area contributed by atoms with Gasteiger partial charge in [0.1, 0.15) is 0 Å². The van der Waals surface area contributed by atoms with Crippen molar-refractivity contribution in [3.63, 3.8) is 0 Å². The summed E-state index contributed by atoms with van der Waals surface area (Å²) in [5.74, 6) is 0.142. The maximum Gasteiger partial charge on any atom is 0.254 e. The van der Waals surface area contributed by atoms with Crippen LogP contribution in [-0.4, -0.2) is 37.1 Å². The summed E-state index contributed by atoms with van der Waals surface area (Å²) < 4.78 is 5.30. The monoisotopic (exact) mass is 261 g/mol. The standard InChI is InChI=1S/C16H23NO2/c1-16(2,3)12-13-6-4-5-7-14(13)15(18)17-8-10-19-11-9-17/h4-7H,8-12H2,1-3H3. The lowest BCUT2D eigenvalue weighted by atomic mass is 9.86. The fourth-order valence-electron chi connectivity index (χ4n) is 2.39. The highest BCUT2D eigenvalue weighted by molar-refractivity contribution is 5.95. The Morgan fingerprint density at radius 2 is 1.84 bits per heavy atom. The van der Waals surface area contributed by atoms with Crippen molar-refractivity contribution in [1.29, 1.82) is 0 Å². The predicted molar refractivity (Wildman–Crippen MR) is 76.3 cm³/mol. The second kappa shape index (κ2) is 5.74. The van der Waals surface area contributed by atoms with Gasteiger partial charge < -0.3 is 9.64 Å². The van der Waals surface area contributed by atoms with E-state index in [1.165, 1.54) is 0 Å². The van der Waals surface area contributed by atoms with Crippen molar-refractivity contribution < 1.29 is 9.53 Å². The van der Waals surface area contributed by atoms with E-state index in [0.29, 0.717) is 26.3 Å². The van der Waals surface area contributed by atoms with Crippen LogP contribution in [0, 0.1) is 5.41 Å². The van der Waals surface area contributed by atoms with E-state index < -0.39 is 0 Å². The third-order valence-corrected chi connectivity index (χ3v) is 3.27. The van der Waals surface area contributed by atoms with Gasteiger partial charge in [-0.1, -0.05) is 39.0 Å². The third kappa shape index (κ3) is 3.80. The molecular weight excluding hydrogens is 238 g/mol. The van der Waals surface area contributed by atoms with Crippen LogP contribution in [-0.2, 0) is 11.2 Å². The topological polar surface area (TPSA) is 29.5 Å². The summed E-state index contributed by atoms with van der Waals surface area (Å²) in [4.78, 5) is 14.5. The number of morpholine rings is 1. The fourth-order valence-corrected chi connectivity index (χ4v) is 2.39. The van der Waals surface area contributed by atoms with Crippen molar-refractivity contribution in [2.75, 3.05) is 26.3 Å². The highest BCUT2D eigenvalue weighted by atomic mass is 16.5. The summed E-state index contributed by atoms with van der Waals surface area (Å²) in [5, 5.41) is 0. The highest BCUT2D eigenvalue weighted by Crippen LogP contribution is 2.24. The van der Waals surface area contributed by atoms with Gasteiger partial charge in [-0.25, -0.2) is 0 Å². The predicted octanol–water partition coefficient (Wildman–Crippen LogP) is 2.75. The molecule has 0 aromatic heterocycles. The number of carbonyl (C=O) groups excluding carboxylic acids is 1. The first-order chi connectivity index (χ1) is 8.97. The fraction of sp³-hybridized carbons (Fsp3) is 0.562. The van der Waals surface area contributed by atoms with Crippen LogP contribution in [0.4, 0.5) is 0 Å². The van der Waals surface area contributed by atoms with Gasteiger partial charge in [-0.2, -0.15) is 0 Å². The molecule has 1 aliphatic rings. The van der Waals surface area contributed by atoms with Crippen LogP contribution in [0.3, 0.4) is 0 Å². The molecule has 0 atom stereocenters. The second-order valence-corrected chi connectivity index (χ2v) is 6.30. The number of carbonyl (C=O) groups is 1. The van der Waals surface area contributed by atoms with Crippen LogP contribution in [0.2, 0.25) is 0 Å². The Labute approximate surface area is 115 Å². The average molecular weight is 261 g/mol. The highest BCUT2D eigenvalue weighted by Gasteiger charge is 2.22. The van der Waals surface area contributed by atoms with E-state index in [1.54, 1.807) is 0 Å². The zero-order valence-corrected chi connectivity index (χ0v) is 12.1. The Balaban J connectivity index is 2.21. The first-order valence-electron chi connectivity index (χ1n) is 6.92. The minimum absolute atomic E-state index is 0.142. The van der Waals surface area contributed by atoms with Crippen LogP contribution in [0.15, 0.2) is 24.3 Å². The molecule has 1 aromatic rings. The first kappa shape index (κ1) is 14.1. The molecule has 1 heterocycles. The molecule has 0 radical (unpaired) electrons. The molecule has 1 fully saturated rings. The molecule has 0 spiro atoms. The Morgan fingerprint density at radius 3 is 2.47 bits per heavy atom. The average Bonchev–Trinajstić information content (AvgIpc) is 2.38. The quantitative estimate of drug-likeness (QED) is 0.819. The molecule has 19 heavy (non-hydrogen) atoms. The van der Waals surface area contributed by atoms with E-state index in [-0.39, 0.29) is 11.3 Å². The van der Waals surface area contributed by atoms with Crippen LogP contribution < -0.4 is 0 Å². The minimum atomic E-state index is 0.142. The van der Waals surface area contributed by atoms with Gasteiger partial charge in [0, 0.05) is 18.7 Å². The molecule has 0 unspecified atom stereocenters. The number of benzene rings is 1. The molecule has 3 heteroatoms. The molecule has 0 N–H and O–H groups in total. The zero-order chi connectivity index (χ0) is 13.9. The lowest BCUT2D eigenvalue weighted by molar-refractivity contribution is 0.0302. The van der Waals surface area contributed by atoms with Crippen LogP contribution >= 0.6 is 0 Å². The van der Waals surface area contributed by atoms with Crippen molar-refractivity contribution >= 4 is 5.91 Å². The van der Waals surface area contributed by atoms with Gasteiger partial charge in [0.05, 0.1) is 13.2 Å². The minimum Gasteiger partial charge on any atom is -0.378 e. The molecule has 0 aliphatic carbocycles. The summed E-state index contributed by atoms with van der Waals surface area (Å²) >= 11 is 0. The molecule has 1 aliphatic heterocycles. The second-order valence-electron chi connectivity index (χ2n) is 6.30. The Kier molecular flexibility index (Phi) is 4.25. The lowest BCUT2D eigenvalue weighted by Crippen LogP contribution is -2.41. The summed E-state index contributed by atoms with van der Waals surface area (Å²) in [6.45, 7) is 9.28. The maximum absolute atomic E-state index is 12.6. The zero-order valence-electron chi connectivity index (χ0n) is 12.1. The van der Waals surface area contributed by atoms with Gasteiger partial charge in [0.2, 0.25) is 0 Å². The van der Waals surface area contributed by atoms with E-state index >= 15 is 0 Å². The summed E-state index contributed by atoms with van der Waals surface area (Å²) in [5.41, 5.74) is 2.17. The number of nitrogens with zero attached hydrogens (tertiary/aromatic N) is 1. The van der Waals surface area contributed by atoms with E-state index in [0.717, 1.165) is 17.5 Å². The molecule has 2 rings (SSSR count). The Hall–Kier alpha value is -1.35. The van der Waals surface area contributed by atoms with Gasteiger partial charge in [0.25, 0.3) is 5.91 Å². The van der Waals surface area contributed by atoms with Crippen LogP contribution in [0.5, 0.6) is 0 Å². The van der Waals surface area contributed by atoms with Crippen molar-refractivity contribution in [3.05, 3.63) is 35.4 Å². The molecular formula is C16H23NO2. The van der Waals surface area contributed by atoms with Gasteiger partial charge in [-0.05, 0) is 23.5 Å². The number of ether oxygens (including phenoxy) is 1. The van der Waals surface area contributed by atoms with E-state index in [2.05, 4.69) is 26.8 Å². The van der Waals surface area contributed by atoms with Crippen molar-refractivity contribution in [2.45, 2.75) is 27.2 Å². The number of amides is 1. The van der Waals surface area contributed by atoms with Gasteiger partial charge in [-0.15, -0.1) is 0 Å². The van der Waals surface area contributed by atoms with Crippen LogP contribution in [0.1, 0.15) is 36.7 Å².